The summed E-state index contributed by atoms with van der Waals surface area (Å²) < 4.78 is 0. The van der Waals surface area contributed by atoms with Gasteiger partial charge in [-0.3, -0.25) is 4.98 Å². The summed E-state index contributed by atoms with van der Waals surface area (Å²) in [5.74, 6) is 0.388. The van der Waals surface area contributed by atoms with Gasteiger partial charge in [0.2, 0.25) is 0 Å². The van der Waals surface area contributed by atoms with Crippen LogP contribution >= 0.6 is 0 Å². The summed E-state index contributed by atoms with van der Waals surface area (Å²) in [5.41, 5.74) is 11.2. The molecular weight excluding hydrogens is 274 g/mol. The molecule has 0 aliphatic rings. The molecule has 0 amide bonds. The van der Waals surface area contributed by atoms with E-state index >= 15 is 0 Å². The van der Waals surface area contributed by atoms with E-state index in [1.165, 1.54) is 5.56 Å². The van der Waals surface area contributed by atoms with E-state index in [-0.39, 0.29) is 0 Å². The predicted octanol–water partition coefficient (Wildman–Crippen LogP) is 2.92. The van der Waals surface area contributed by atoms with Crippen LogP contribution in [0, 0.1) is 12.3 Å². The van der Waals surface area contributed by atoms with Crippen LogP contribution in [-0.2, 0) is 6.54 Å². The van der Waals surface area contributed by atoms with Gasteiger partial charge in [-0.2, -0.15) is 0 Å². The zero-order valence-electron chi connectivity index (χ0n) is 13.6. The molecule has 0 atom stereocenters. The molecule has 0 unspecified atom stereocenters. The number of hydrogen-bond donors (Lipinski definition) is 3. The van der Waals surface area contributed by atoms with Crippen molar-refractivity contribution in [1.82, 2.24) is 15.3 Å². The van der Waals surface area contributed by atoms with Crippen LogP contribution in [0.25, 0.3) is 11.1 Å². The van der Waals surface area contributed by atoms with Crippen molar-refractivity contribution < 1.29 is 0 Å². The maximum atomic E-state index is 7.80. The van der Waals surface area contributed by atoms with Crippen LogP contribution in [0.4, 0.5) is 5.82 Å². The van der Waals surface area contributed by atoms with Crippen molar-refractivity contribution in [2.75, 3.05) is 5.73 Å². The number of pyridine rings is 2. The zero-order chi connectivity index (χ0) is 16.3. The quantitative estimate of drug-likeness (QED) is 0.740. The summed E-state index contributed by atoms with van der Waals surface area (Å²) in [6.45, 7) is 8.82. The SMILES string of the molecule is CC(=N)c1cc(-c2cncc(CNC(C)C)c2C)cnc1N. The van der Waals surface area contributed by atoms with Crippen molar-refractivity contribution in [3.63, 3.8) is 0 Å². The summed E-state index contributed by atoms with van der Waals surface area (Å²) in [7, 11) is 0. The molecule has 0 aromatic carbocycles. The largest absolute Gasteiger partial charge is 0.383 e. The molecule has 0 radical (unpaired) electrons. The van der Waals surface area contributed by atoms with E-state index in [2.05, 4.69) is 36.1 Å². The maximum absolute atomic E-state index is 7.80. The predicted molar refractivity (Wildman–Crippen MR) is 91.1 cm³/mol. The number of nitrogens with zero attached hydrogens (tertiary/aromatic N) is 2. The third-order valence-corrected chi connectivity index (χ3v) is 3.65. The van der Waals surface area contributed by atoms with Gasteiger partial charge in [-0.1, -0.05) is 13.8 Å². The summed E-state index contributed by atoms with van der Waals surface area (Å²) in [6.07, 6.45) is 5.47. The van der Waals surface area contributed by atoms with Crippen LogP contribution < -0.4 is 11.1 Å². The highest BCUT2D eigenvalue weighted by molar-refractivity contribution is 6.01. The van der Waals surface area contributed by atoms with Crippen LogP contribution in [0.2, 0.25) is 0 Å². The van der Waals surface area contributed by atoms with Crippen molar-refractivity contribution in [3.8, 4) is 11.1 Å². The molecule has 22 heavy (non-hydrogen) atoms. The minimum absolute atomic E-state index is 0.388. The van der Waals surface area contributed by atoms with Gasteiger partial charge < -0.3 is 16.5 Å². The Labute approximate surface area is 131 Å². The van der Waals surface area contributed by atoms with E-state index in [1.54, 1.807) is 13.1 Å². The number of rotatable bonds is 5. The molecule has 116 valence electrons. The van der Waals surface area contributed by atoms with E-state index in [4.69, 9.17) is 11.1 Å². The van der Waals surface area contributed by atoms with Crippen LogP contribution in [-0.4, -0.2) is 21.7 Å². The van der Waals surface area contributed by atoms with Gasteiger partial charge in [0.25, 0.3) is 0 Å². The van der Waals surface area contributed by atoms with E-state index < -0.39 is 0 Å². The first kappa shape index (κ1) is 16.1. The molecule has 2 heterocycles. The van der Waals surface area contributed by atoms with Crippen LogP contribution in [0.1, 0.15) is 37.5 Å². The Balaban J connectivity index is 2.43. The molecular formula is C17H23N5. The fourth-order valence-electron chi connectivity index (χ4n) is 2.27. The maximum Gasteiger partial charge on any atom is 0.132 e. The van der Waals surface area contributed by atoms with Gasteiger partial charge in [0, 0.05) is 53.6 Å². The molecule has 2 aromatic heterocycles. The van der Waals surface area contributed by atoms with Crippen molar-refractivity contribution in [1.29, 1.82) is 5.41 Å². The lowest BCUT2D eigenvalue weighted by atomic mass is 9.98. The third kappa shape index (κ3) is 3.49. The van der Waals surface area contributed by atoms with Gasteiger partial charge in [-0.05, 0) is 31.0 Å². The van der Waals surface area contributed by atoms with E-state index in [9.17, 15) is 0 Å². The summed E-state index contributed by atoms with van der Waals surface area (Å²) in [5, 5.41) is 11.2. The lowest BCUT2D eigenvalue weighted by Gasteiger charge is -2.14. The molecule has 4 N–H and O–H groups in total. The Morgan fingerprint density at radius 2 is 2.05 bits per heavy atom. The number of anilines is 1. The molecule has 0 bridgehead atoms. The van der Waals surface area contributed by atoms with Gasteiger partial charge in [0.15, 0.2) is 0 Å². The first-order valence-corrected chi connectivity index (χ1v) is 7.38. The minimum Gasteiger partial charge on any atom is -0.383 e. The van der Waals surface area contributed by atoms with Crippen LogP contribution in [0.5, 0.6) is 0 Å². The van der Waals surface area contributed by atoms with Gasteiger partial charge in [-0.15, -0.1) is 0 Å². The van der Waals surface area contributed by atoms with Gasteiger partial charge in [0.1, 0.15) is 5.82 Å². The van der Waals surface area contributed by atoms with E-state index in [0.717, 1.165) is 23.2 Å². The Hall–Kier alpha value is -2.27. The fourth-order valence-corrected chi connectivity index (χ4v) is 2.27. The van der Waals surface area contributed by atoms with Crippen molar-refractivity contribution in [3.05, 3.63) is 41.3 Å². The average Bonchev–Trinajstić information content (AvgIpc) is 2.46. The number of hydrogen-bond acceptors (Lipinski definition) is 5. The highest BCUT2D eigenvalue weighted by Crippen LogP contribution is 2.26. The summed E-state index contributed by atoms with van der Waals surface area (Å²) >= 11 is 0. The molecule has 0 saturated carbocycles. The second-order valence-electron chi connectivity index (χ2n) is 5.79. The number of nitrogen functional groups attached to an aromatic ring is 1. The molecule has 0 saturated heterocycles. The van der Waals surface area contributed by atoms with Gasteiger partial charge >= 0.3 is 0 Å². The smallest absolute Gasteiger partial charge is 0.132 e. The highest BCUT2D eigenvalue weighted by Gasteiger charge is 2.11. The second kappa shape index (κ2) is 6.66. The highest BCUT2D eigenvalue weighted by atomic mass is 14.9. The third-order valence-electron chi connectivity index (χ3n) is 3.65. The fraction of sp³-hybridized carbons (Fsp3) is 0.353. The van der Waals surface area contributed by atoms with Crippen LogP contribution in [0.15, 0.2) is 24.7 Å². The van der Waals surface area contributed by atoms with Gasteiger partial charge in [-0.25, -0.2) is 4.98 Å². The number of nitrogens with two attached hydrogens (primary N) is 1. The molecule has 0 aliphatic carbocycles. The van der Waals surface area contributed by atoms with Crippen molar-refractivity contribution >= 4 is 11.5 Å². The van der Waals surface area contributed by atoms with E-state index in [0.29, 0.717) is 23.1 Å². The first-order valence-electron chi connectivity index (χ1n) is 7.38. The summed E-state index contributed by atoms with van der Waals surface area (Å²) in [4.78, 5) is 8.56. The Bertz CT molecular complexity index is 691. The number of aromatic nitrogens is 2. The van der Waals surface area contributed by atoms with Crippen molar-refractivity contribution in [2.45, 2.75) is 40.3 Å². The lowest BCUT2D eigenvalue weighted by Crippen LogP contribution is -2.22. The number of nitrogens with one attached hydrogen (secondary N) is 2. The van der Waals surface area contributed by atoms with Crippen LogP contribution in [0.3, 0.4) is 0 Å². The van der Waals surface area contributed by atoms with Crippen molar-refractivity contribution in [2.24, 2.45) is 0 Å². The molecule has 2 aromatic rings. The molecule has 0 spiro atoms. The average molecular weight is 297 g/mol. The first-order chi connectivity index (χ1) is 10.4. The zero-order valence-corrected chi connectivity index (χ0v) is 13.6. The molecule has 0 aliphatic heterocycles. The molecule has 0 fully saturated rings. The Morgan fingerprint density at radius 3 is 2.68 bits per heavy atom. The standard InChI is InChI=1S/C17H23N5/c1-10(2)21-8-14-6-20-9-16(11(14)3)13-5-15(12(4)18)17(19)22-7-13/h5-7,9-10,18,21H,8H2,1-4H3,(H2,19,22). The molecule has 2 rings (SSSR count). The Morgan fingerprint density at radius 1 is 1.32 bits per heavy atom. The Kier molecular flexibility index (Phi) is 4.88. The molecule has 5 heteroatoms. The lowest BCUT2D eigenvalue weighted by molar-refractivity contribution is 0.586. The topological polar surface area (TPSA) is 87.7 Å². The van der Waals surface area contributed by atoms with Gasteiger partial charge in [0.05, 0.1) is 0 Å². The monoisotopic (exact) mass is 297 g/mol. The normalized spacial score (nSPS) is 11.0. The van der Waals surface area contributed by atoms with E-state index in [1.807, 2.05) is 18.5 Å². The minimum atomic E-state index is 0.388. The molecule has 5 nitrogen and oxygen atoms in total. The second-order valence-corrected chi connectivity index (χ2v) is 5.79. The summed E-state index contributed by atoms with van der Waals surface area (Å²) in [6, 6.07) is 2.34.